The normalized spacial score (nSPS) is 17.0. The Labute approximate surface area is 211 Å². The summed E-state index contributed by atoms with van der Waals surface area (Å²) in [6.07, 6.45) is 0. The highest BCUT2D eigenvalue weighted by Crippen LogP contribution is 2.57. The molecule has 4 aromatic rings. The summed E-state index contributed by atoms with van der Waals surface area (Å²) in [5.74, 6) is 1.08. The Bertz CT molecular complexity index is 1460. The van der Waals surface area contributed by atoms with E-state index in [0.717, 1.165) is 46.8 Å². The second kappa shape index (κ2) is 8.45. The van der Waals surface area contributed by atoms with Gasteiger partial charge in [-0.05, 0) is 62.4 Å². The highest BCUT2D eigenvalue weighted by molar-refractivity contribution is 5.97. The summed E-state index contributed by atoms with van der Waals surface area (Å²) in [4.78, 5) is 17.6. The molecule has 1 unspecified atom stereocenters. The highest BCUT2D eigenvalue weighted by Gasteiger charge is 2.53. The van der Waals surface area contributed by atoms with Crippen molar-refractivity contribution in [1.29, 1.82) is 0 Å². The van der Waals surface area contributed by atoms with E-state index in [-0.39, 0.29) is 5.97 Å². The fourth-order valence-corrected chi connectivity index (χ4v) is 5.44. The number of esters is 1. The minimum Gasteiger partial charge on any atom is -0.456 e. The van der Waals surface area contributed by atoms with Crippen molar-refractivity contribution in [3.8, 4) is 11.5 Å². The maximum atomic E-state index is 13.2. The molecule has 5 nitrogen and oxygen atoms in total. The molecule has 1 atom stereocenters. The number of carbonyl (C=O) groups is 1. The largest absolute Gasteiger partial charge is 0.456 e. The van der Waals surface area contributed by atoms with Gasteiger partial charge in [0.05, 0.1) is 5.56 Å². The first-order valence-electron chi connectivity index (χ1n) is 12.4. The van der Waals surface area contributed by atoms with Gasteiger partial charge in [0.15, 0.2) is 5.60 Å². The first-order chi connectivity index (χ1) is 17.6. The Morgan fingerprint density at radius 2 is 1.42 bits per heavy atom. The van der Waals surface area contributed by atoms with Crippen LogP contribution in [0, 0.1) is 0 Å². The van der Waals surface area contributed by atoms with Gasteiger partial charge < -0.3 is 19.3 Å². The zero-order valence-electron chi connectivity index (χ0n) is 20.7. The van der Waals surface area contributed by atoms with Crippen LogP contribution in [-0.4, -0.2) is 26.1 Å². The van der Waals surface area contributed by atoms with Crippen LogP contribution in [0.25, 0.3) is 0 Å². The van der Waals surface area contributed by atoms with E-state index in [1.165, 1.54) is 0 Å². The molecule has 36 heavy (non-hydrogen) atoms. The Morgan fingerprint density at radius 3 is 2.19 bits per heavy atom. The Kier molecular flexibility index (Phi) is 5.22. The number of hydrogen-bond donors (Lipinski definition) is 0. The van der Waals surface area contributed by atoms with Gasteiger partial charge in [-0.15, -0.1) is 0 Å². The number of rotatable bonds is 5. The minimum absolute atomic E-state index is 0.320. The monoisotopic (exact) mass is 476 g/mol. The average molecular weight is 477 g/mol. The van der Waals surface area contributed by atoms with Crippen LogP contribution in [0.4, 0.5) is 17.1 Å². The van der Waals surface area contributed by atoms with E-state index in [1.54, 1.807) is 0 Å². The Morgan fingerprint density at radius 1 is 0.694 bits per heavy atom. The topological polar surface area (TPSA) is 42.0 Å². The lowest BCUT2D eigenvalue weighted by atomic mass is 9.77. The number of para-hydroxylation sites is 1. The van der Waals surface area contributed by atoms with Crippen molar-refractivity contribution in [3.63, 3.8) is 0 Å². The number of nitrogens with zero attached hydrogens (tertiary/aromatic N) is 2. The maximum absolute atomic E-state index is 13.2. The van der Waals surface area contributed by atoms with Crippen molar-refractivity contribution in [2.45, 2.75) is 19.4 Å². The zero-order valence-corrected chi connectivity index (χ0v) is 20.7. The molecule has 180 valence electrons. The van der Waals surface area contributed by atoms with E-state index in [2.05, 4.69) is 60.0 Å². The molecule has 2 aliphatic rings. The molecule has 5 heteroatoms. The van der Waals surface area contributed by atoms with E-state index >= 15 is 0 Å². The predicted molar refractivity (Wildman–Crippen MR) is 143 cm³/mol. The van der Waals surface area contributed by atoms with Gasteiger partial charge in [0.1, 0.15) is 11.5 Å². The molecule has 6 rings (SSSR count). The molecule has 0 fully saturated rings. The molecule has 0 radical (unpaired) electrons. The summed E-state index contributed by atoms with van der Waals surface area (Å²) < 4.78 is 12.9. The Hall–Kier alpha value is -4.25. The lowest BCUT2D eigenvalue weighted by Gasteiger charge is -2.38. The molecular formula is C31H28N2O3. The van der Waals surface area contributed by atoms with Crippen LogP contribution >= 0.6 is 0 Å². The number of ether oxygens (including phenoxy) is 2. The third kappa shape index (κ3) is 3.19. The van der Waals surface area contributed by atoms with Gasteiger partial charge in [-0.2, -0.15) is 0 Å². The fourth-order valence-electron chi connectivity index (χ4n) is 5.44. The molecule has 1 spiro atoms. The average Bonchev–Trinajstić information content (AvgIpc) is 3.22. The van der Waals surface area contributed by atoms with Crippen molar-refractivity contribution < 1.29 is 14.3 Å². The molecule has 0 saturated heterocycles. The third-order valence-corrected chi connectivity index (χ3v) is 7.34. The van der Waals surface area contributed by atoms with E-state index in [9.17, 15) is 4.79 Å². The summed E-state index contributed by atoms with van der Waals surface area (Å²) in [7, 11) is 2.03. The van der Waals surface area contributed by atoms with Gasteiger partial charge in [0, 0.05) is 60.0 Å². The molecule has 4 aromatic carbocycles. The second-order valence-electron chi connectivity index (χ2n) is 9.15. The van der Waals surface area contributed by atoms with Crippen LogP contribution in [-0.2, 0) is 10.3 Å². The predicted octanol–water partition coefficient (Wildman–Crippen LogP) is 6.87. The molecule has 0 saturated carbocycles. The molecule has 0 bridgehead atoms. The van der Waals surface area contributed by atoms with Crippen LogP contribution in [0.1, 0.15) is 40.9 Å². The number of hydrogen-bond acceptors (Lipinski definition) is 5. The maximum Gasteiger partial charge on any atom is 0.340 e. The van der Waals surface area contributed by atoms with Crippen molar-refractivity contribution in [1.82, 2.24) is 0 Å². The molecule has 0 amide bonds. The second-order valence-corrected chi connectivity index (χ2v) is 9.15. The molecule has 2 aliphatic heterocycles. The lowest BCUT2D eigenvalue weighted by molar-refractivity contribution is 0.0224. The van der Waals surface area contributed by atoms with Crippen molar-refractivity contribution in [2.75, 3.05) is 29.9 Å². The van der Waals surface area contributed by atoms with Gasteiger partial charge in [-0.25, -0.2) is 4.79 Å². The zero-order chi connectivity index (χ0) is 24.9. The highest BCUT2D eigenvalue weighted by atomic mass is 16.6. The SMILES string of the molecule is CCN(CC)c1ccc2c(c1)Oc1ccc(N(C)c3ccccc3)cc1C21OC(=O)c2ccccc21. The van der Waals surface area contributed by atoms with Crippen molar-refractivity contribution >= 4 is 23.0 Å². The molecular weight excluding hydrogens is 448 g/mol. The summed E-state index contributed by atoms with van der Waals surface area (Å²) >= 11 is 0. The molecule has 0 N–H and O–H groups in total. The van der Waals surface area contributed by atoms with Crippen LogP contribution in [0.15, 0.2) is 91.0 Å². The van der Waals surface area contributed by atoms with Gasteiger partial charge >= 0.3 is 5.97 Å². The summed E-state index contributed by atoms with van der Waals surface area (Å²) in [6, 6.07) is 30.2. The van der Waals surface area contributed by atoms with Gasteiger partial charge in [0.2, 0.25) is 0 Å². The first kappa shape index (κ1) is 22.2. The number of fused-ring (bicyclic) bond motifs is 6. The van der Waals surface area contributed by atoms with E-state index in [1.807, 2.05) is 61.6 Å². The van der Waals surface area contributed by atoms with Gasteiger partial charge in [0.25, 0.3) is 0 Å². The third-order valence-electron chi connectivity index (χ3n) is 7.34. The van der Waals surface area contributed by atoms with Crippen LogP contribution < -0.4 is 14.5 Å². The molecule has 0 aromatic heterocycles. The van der Waals surface area contributed by atoms with E-state index in [4.69, 9.17) is 9.47 Å². The fraction of sp³-hybridized carbons (Fsp3) is 0.194. The minimum atomic E-state index is -1.08. The van der Waals surface area contributed by atoms with E-state index in [0.29, 0.717) is 17.1 Å². The number of anilines is 3. The lowest BCUT2D eigenvalue weighted by Crippen LogP contribution is -2.33. The van der Waals surface area contributed by atoms with E-state index < -0.39 is 5.60 Å². The van der Waals surface area contributed by atoms with Crippen LogP contribution in [0.5, 0.6) is 11.5 Å². The van der Waals surface area contributed by atoms with Gasteiger partial charge in [-0.1, -0.05) is 36.4 Å². The van der Waals surface area contributed by atoms with Crippen molar-refractivity contribution in [3.05, 3.63) is 113 Å². The quantitative estimate of drug-likeness (QED) is 0.294. The summed E-state index contributed by atoms with van der Waals surface area (Å²) in [5, 5.41) is 0. The van der Waals surface area contributed by atoms with Gasteiger partial charge in [-0.3, -0.25) is 0 Å². The standard InChI is InChI=1S/C31H28N2O3/c1-4-33(5-2)23-15-17-26-29(20-23)35-28-18-16-22(32(3)21-11-7-6-8-12-21)19-27(28)31(26)25-14-10-9-13-24(25)30(34)36-31/h6-20H,4-5H2,1-3H3. The van der Waals surface area contributed by atoms with Crippen LogP contribution in [0.2, 0.25) is 0 Å². The molecule has 2 heterocycles. The summed E-state index contributed by atoms with van der Waals surface area (Å²) in [5.41, 5.74) is 5.14. The Balaban J connectivity index is 1.58. The summed E-state index contributed by atoms with van der Waals surface area (Å²) in [6.45, 7) is 6.06. The smallest absolute Gasteiger partial charge is 0.340 e. The van der Waals surface area contributed by atoms with Crippen molar-refractivity contribution in [2.24, 2.45) is 0 Å². The first-order valence-corrected chi connectivity index (χ1v) is 12.4. The number of carbonyl (C=O) groups excluding carboxylic acids is 1. The van der Waals surface area contributed by atoms with Crippen LogP contribution in [0.3, 0.4) is 0 Å². The number of benzene rings is 4. The molecule has 0 aliphatic carbocycles.